The lowest BCUT2D eigenvalue weighted by molar-refractivity contribution is -0.141. The Hall–Kier alpha value is -4.00. The molecule has 208 valence electrons. The predicted molar refractivity (Wildman–Crippen MR) is 153 cm³/mol. The molecule has 39 heavy (non-hydrogen) atoms. The number of nitrogens with zero attached hydrogens (tertiary/aromatic N) is 1. The van der Waals surface area contributed by atoms with Gasteiger partial charge in [0.1, 0.15) is 11.8 Å². The van der Waals surface area contributed by atoms with Crippen molar-refractivity contribution in [2.24, 2.45) is 5.92 Å². The van der Waals surface area contributed by atoms with Gasteiger partial charge in [-0.3, -0.25) is 9.59 Å². The summed E-state index contributed by atoms with van der Waals surface area (Å²) in [5.41, 5.74) is 2.83. The highest BCUT2D eigenvalue weighted by molar-refractivity contribution is 5.88. The monoisotopic (exact) mass is 532 g/mol. The lowest BCUT2D eigenvalue weighted by atomic mass is 10.0. The van der Waals surface area contributed by atoms with E-state index in [4.69, 9.17) is 14.2 Å². The molecule has 1 atom stereocenters. The van der Waals surface area contributed by atoms with Crippen molar-refractivity contribution in [2.75, 3.05) is 27.9 Å². The fourth-order valence-electron chi connectivity index (χ4n) is 4.38. The van der Waals surface area contributed by atoms with Gasteiger partial charge in [-0.05, 0) is 53.3 Å². The van der Waals surface area contributed by atoms with Crippen molar-refractivity contribution < 1.29 is 23.8 Å². The van der Waals surface area contributed by atoms with Gasteiger partial charge in [0.25, 0.3) is 0 Å². The van der Waals surface area contributed by atoms with E-state index in [0.717, 1.165) is 16.7 Å². The van der Waals surface area contributed by atoms with E-state index in [0.29, 0.717) is 42.6 Å². The highest BCUT2D eigenvalue weighted by Gasteiger charge is 2.30. The van der Waals surface area contributed by atoms with Crippen LogP contribution >= 0.6 is 0 Å². The zero-order chi connectivity index (χ0) is 28.2. The van der Waals surface area contributed by atoms with Gasteiger partial charge in [0.2, 0.25) is 11.8 Å². The minimum Gasteiger partial charge on any atom is -0.497 e. The lowest BCUT2D eigenvalue weighted by Crippen LogP contribution is -2.51. The molecule has 7 heteroatoms. The quantitative estimate of drug-likeness (QED) is 0.314. The molecule has 0 heterocycles. The molecule has 0 unspecified atom stereocenters. The van der Waals surface area contributed by atoms with Crippen LogP contribution < -0.4 is 19.5 Å². The van der Waals surface area contributed by atoms with Crippen LogP contribution in [0.1, 0.15) is 37.0 Å². The number of benzene rings is 3. The van der Waals surface area contributed by atoms with Crippen LogP contribution in [0.4, 0.5) is 0 Å². The van der Waals surface area contributed by atoms with Gasteiger partial charge in [-0.2, -0.15) is 0 Å². The van der Waals surface area contributed by atoms with Crippen LogP contribution in [0.15, 0.2) is 72.8 Å². The predicted octanol–water partition coefficient (Wildman–Crippen LogP) is 5.06. The Balaban J connectivity index is 1.92. The van der Waals surface area contributed by atoms with E-state index < -0.39 is 6.04 Å². The standard InChI is InChI=1S/C32H40N2O5/c1-23(2)21-33-32(36)28(19-24-10-7-6-8-11-24)34(22-26-12-9-13-27(18-26)37-3)31(35)17-15-25-14-16-29(38-4)30(20-25)39-5/h6-14,16,18,20,23,28H,15,17,19,21-22H2,1-5H3,(H,33,36)/t28-/m0/s1. The first kappa shape index (κ1) is 29.6. The van der Waals surface area contributed by atoms with Crippen molar-refractivity contribution in [3.63, 3.8) is 0 Å². The summed E-state index contributed by atoms with van der Waals surface area (Å²) in [6.07, 6.45) is 1.15. The maximum Gasteiger partial charge on any atom is 0.243 e. The number of rotatable bonds is 14. The third-order valence-electron chi connectivity index (χ3n) is 6.52. The summed E-state index contributed by atoms with van der Waals surface area (Å²) in [6.45, 7) is 4.93. The first-order chi connectivity index (χ1) is 18.8. The molecule has 0 radical (unpaired) electrons. The molecule has 0 saturated carbocycles. The van der Waals surface area contributed by atoms with Gasteiger partial charge < -0.3 is 24.4 Å². The van der Waals surface area contributed by atoms with Crippen molar-refractivity contribution in [1.29, 1.82) is 0 Å². The van der Waals surface area contributed by atoms with E-state index in [2.05, 4.69) is 19.2 Å². The minimum atomic E-state index is -0.671. The number of aryl methyl sites for hydroxylation is 1. The second kappa shape index (κ2) is 14.8. The molecule has 2 amide bonds. The third kappa shape index (κ3) is 8.77. The summed E-state index contributed by atoms with van der Waals surface area (Å²) in [5.74, 6) is 1.99. The molecule has 3 rings (SSSR count). The fraction of sp³-hybridized carbons (Fsp3) is 0.375. The molecule has 3 aromatic rings. The first-order valence-corrected chi connectivity index (χ1v) is 13.3. The molecule has 0 fully saturated rings. The Bertz CT molecular complexity index is 1210. The normalized spacial score (nSPS) is 11.5. The second-order valence-electron chi connectivity index (χ2n) is 9.91. The Morgan fingerprint density at radius 1 is 0.795 bits per heavy atom. The first-order valence-electron chi connectivity index (χ1n) is 13.3. The summed E-state index contributed by atoms with van der Waals surface area (Å²) in [7, 11) is 4.80. The van der Waals surface area contributed by atoms with Gasteiger partial charge in [0, 0.05) is 25.9 Å². The average Bonchev–Trinajstić information content (AvgIpc) is 2.96. The molecule has 0 aromatic heterocycles. The minimum absolute atomic E-state index is 0.103. The zero-order valence-electron chi connectivity index (χ0n) is 23.6. The van der Waals surface area contributed by atoms with Crippen LogP contribution in [0.3, 0.4) is 0 Å². The molecule has 0 aliphatic carbocycles. The Morgan fingerprint density at radius 2 is 1.51 bits per heavy atom. The largest absolute Gasteiger partial charge is 0.497 e. The third-order valence-corrected chi connectivity index (χ3v) is 6.52. The van der Waals surface area contributed by atoms with Gasteiger partial charge in [0.15, 0.2) is 11.5 Å². The van der Waals surface area contributed by atoms with E-state index in [1.165, 1.54) is 0 Å². The number of carbonyl (C=O) groups is 2. The maximum atomic E-state index is 13.9. The topological polar surface area (TPSA) is 77.1 Å². The fourth-order valence-corrected chi connectivity index (χ4v) is 4.38. The van der Waals surface area contributed by atoms with Crippen LogP contribution in [-0.4, -0.2) is 50.6 Å². The van der Waals surface area contributed by atoms with Crippen LogP contribution in [0.5, 0.6) is 17.2 Å². The number of nitrogens with one attached hydrogen (secondary N) is 1. The number of ether oxygens (including phenoxy) is 3. The van der Waals surface area contributed by atoms with Gasteiger partial charge >= 0.3 is 0 Å². The molecule has 7 nitrogen and oxygen atoms in total. The Labute approximate surface area is 232 Å². The smallest absolute Gasteiger partial charge is 0.243 e. The number of amides is 2. The lowest BCUT2D eigenvalue weighted by Gasteiger charge is -2.32. The molecule has 0 aliphatic heterocycles. The highest BCUT2D eigenvalue weighted by Crippen LogP contribution is 2.28. The van der Waals surface area contributed by atoms with Crippen molar-refractivity contribution in [2.45, 2.75) is 45.7 Å². The average molecular weight is 533 g/mol. The summed E-state index contributed by atoms with van der Waals surface area (Å²) >= 11 is 0. The number of carbonyl (C=O) groups excluding carboxylic acids is 2. The van der Waals surface area contributed by atoms with E-state index in [1.807, 2.05) is 72.8 Å². The molecule has 3 aromatic carbocycles. The Kier molecular flexibility index (Phi) is 11.2. The van der Waals surface area contributed by atoms with E-state index in [-0.39, 0.29) is 24.8 Å². The van der Waals surface area contributed by atoms with Gasteiger partial charge in [-0.25, -0.2) is 0 Å². The van der Waals surface area contributed by atoms with E-state index in [9.17, 15) is 9.59 Å². The second-order valence-corrected chi connectivity index (χ2v) is 9.91. The highest BCUT2D eigenvalue weighted by atomic mass is 16.5. The molecular weight excluding hydrogens is 492 g/mol. The zero-order valence-corrected chi connectivity index (χ0v) is 23.6. The van der Waals surface area contributed by atoms with Crippen molar-refractivity contribution in [3.05, 3.63) is 89.5 Å². The van der Waals surface area contributed by atoms with E-state index >= 15 is 0 Å². The Morgan fingerprint density at radius 3 is 2.18 bits per heavy atom. The number of hydrogen-bond donors (Lipinski definition) is 1. The van der Waals surface area contributed by atoms with Crippen molar-refractivity contribution in [3.8, 4) is 17.2 Å². The summed E-state index contributed by atoms with van der Waals surface area (Å²) in [4.78, 5) is 29.2. The van der Waals surface area contributed by atoms with Crippen molar-refractivity contribution >= 4 is 11.8 Å². The molecular formula is C32H40N2O5. The SMILES string of the molecule is COc1cccc(CN(C(=O)CCc2ccc(OC)c(OC)c2)[C@@H](Cc2ccccc2)C(=O)NCC(C)C)c1. The van der Waals surface area contributed by atoms with Crippen LogP contribution in [0.25, 0.3) is 0 Å². The van der Waals surface area contributed by atoms with Crippen LogP contribution in [-0.2, 0) is 29.0 Å². The van der Waals surface area contributed by atoms with Crippen molar-refractivity contribution in [1.82, 2.24) is 10.2 Å². The van der Waals surface area contributed by atoms with Gasteiger partial charge in [-0.1, -0.05) is 62.4 Å². The summed E-state index contributed by atoms with van der Waals surface area (Å²) in [5, 5.41) is 3.06. The van der Waals surface area contributed by atoms with Crippen LogP contribution in [0, 0.1) is 5.92 Å². The molecule has 0 aliphatic rings. The molecule has 0 saturated heterocycles. The molecule has 1 N–H and O–H groups in total. The molecule has 0 spiro atoms. The van der Waals surface area contributed by atoms with Gasteiger partial charge in [-0.15, -0.1) is 0 Å². The molecule has 0 bridgehead atoms. The number of hydrogen-bond acceptors (Lipinski definition) is 5. The van der Waals surface area contributed by atoms with E-state index in [1.54, 1.807) is 26.2 Å². The number of methoxy groups -OCH3 is 3. The van der Waals surface area contributed by atoms with Crippen LogP contribution in [0.2, 0.25) is 0 Å². The van der Waals surface area contributed by atoms with Gasteiger partial charge in [0.05, 0.1) is 21.3 Å². The maximum absolute atomic E-state index is 13.9. The summed E-state index contributed by atoms with van der Waals surface area (Å²) < 4.78 is 16.2. The summed E-state index contributed by atoms with van der Waals surface area (Å²) in [6, 6.07) is 22.4.